The van der Waals surface area contributed by atoms with Gasteiger partial charge in [-0.05, 0) is 50.1 Å². The van der Waals surface area contributed by atoms with Crippen LogP contribution in [0, 0.1) is 17.3 Å². The average Bonchev–Trinajstić information content (AvgIpc) is 2.76. The minimum absolute atomic E-state index is 0.0352. The number of benzene rings is 1. The first-order valence-electron chi connectivity index (χ1n) is 9.61. The SMILES string of the molecule is CC1=C[C@H](OC(=O)c2ccc(O)cc2)[C@@H]2[C@@](C)(C(=O)C1)[C@H](O)C[C@@]2(O)C(C)C. The van der Waals surface area contributed by atoms with E-state index in [0.717, 1.165) is 5.57 Å². The van der Waals surface area contributed by atoms with Crippen molar-refractivity contribution in [3.63, 3.8) is 0 Å². The number of esters is 1. The Hall–Kier alpha value is -2.18. The van der Waals surface area contributed by atoms with E-state index in [1.54, 1.807) is 19.9 Å². The van der Waals surface area contributed by atoms with Gasteiger partial charge in [0.05, 0.1) is 22.7 Å². The number of carbonyl (C=O) groups is 2. The highest BCUT2D eigenvalue weighted by Gasteiger charge is 2.66. The monoisotopic (exact) mass is 388 g/mol. The van der Waals surface area contributed by atoms with Crippen molar-refractivity contribution in [2.45, 2.75) is 58.3 Å². The second-order valence-electron chi connectivity index (χ2n) is 8.66. The van der Waals surface area contributed by atoms with Gasteiger partial charge in [0, 0.05) is 18.8 Å². The molecule has 0 unspecified atom stereocenters. The molecule has 0 amide bonds. The Morgan fingerprint density at radius 1 is 1.25 bits per heavy atom. The lowest BCUT2D eigenvalue weighted by Gasteiger charge is -2.42. The predicted octanol–water partition coefficient (Wildman–Crippen LogP) is 2.61. The van der Waals surface area contributed by atoms with Crippen LogP contribution in [0.3, 0.4) is 0 Å². The Labute approximate surface area is 164 Å². The van der Waals surface area contributed by atoms with Crippen LogP contribution in [0.15, 0.2) is 35.9 Å². The predicted molar refractivity (Wildman–Crippen MR) is 103 cm³/mol. The molecule has 3 N–H and O–H groups in total. The summed E-state index contributed by atoms with van der Waals surface area (Å²) in [7, 11) is 0. The van der Waals surface area contributed by atoms with Gasteiger partial charge in [-0.15, -0.1) is 0 Å². The topological polar surface area (TPSA) is 104 Å². The molecule has 28 heavy (non-hydrogen) atoms. The quantitative estimate of drug-likeness (QED) is 0.543. The molecule has 6 heteroatoms. The minimum atomic E-state index is -1.36. The maximum Gasteiger partial charge on any atom is 0.338 e. The van der Waals surface area contributed by atoms with Crippen LogP contribution in [0.1, 0.15) is 50.9 Å². The van der Waals surface area contributed by atoms with E-state index in [-0.39, 0.29) is 35.9 Å². The van der Waals surface area contributed by atoms with Gasteiger partial charge in [-0.3, -0.25) is 4.79 Å². The number of carbonyl (C=O) groups excluding carboxylic acids is 2. The lowest BCUT2D eigenvalue weighted by Crippen LogP contribution is -2.52. The van der Waals surface area contributed by atoms with Crippen LogP contribution in [0.5, 0.6) is 5.75 Å². The number of aliphatic hydroxyl groups is 2. The fraction of sp³-hybridized carbons (Fsp3) is 0.545. The summed E-state index contributed by atoms with van der Waals surface area (Å²) in [5, 5.41) is 31.6. The number of allylic oxidation sites excluding steroid dienone is 1. The molecule has 2 aliphatic rings. The maximum absolute atomic E-state index is 13.0. The van der Waals surface area contributed by atoms with Gasteiger partial charge >= 0.3 is 5.97 Å². The van der Waals surface area contributed by atoms with Crippen molar-refractivity contribution in [3.8, 4) is 5.75 Å². The Morgan fingerprint density at radius 2 is 1.86 bits per heavy atom. The van der Waals surface area contributed by atoms with Crippen molar-refractivity contribution in [1.82, 2.24) is 0 Å². The highest BCUT2D eigenvalue weighted by atomic mass is 16.5. The van der Waals surface area contributed by atoms with Gasteiger partial charge in [0.2, 0.25) is 0 Å². The van der Waals surface area contributed by atoms with E-state index in [1.807, 2.05) is 13.8 Å². The zero-order chi connectivity index (χ0) is 20.9. The van der Waals surface area contributed by atoms with Crippen LogP contribution in [0.2, 0.25) is 0 Å². The largest absolute Gasteiger partial charge is 0.508 e. The number of rotatable bonds is 3. The molecule has 3 rings (SSSR count). The Bertz CT molecular complexity index is 811. The Kier molecular flexibility index (Phi) is 5.15. The summed E-state index contributed by atoms with van der Waals surface area (Å²) in [6.45, 7) is 7.12. The van der Waals surface area contributed by atoms with E-state index in [4.69, 9.17) is 4.74 Å². The zero-order valence-corrected chi connectivity index (χ0v) is 16.7. The molecule has 0 heterocycles. The van der Waals surface area contributed by atoms with Crippen LogP contribution in [-0.2, 0) is 9.53 Å². The first kappa shape index (κ1) is 20.6. The maximum atomic E-state index is 13.0. The third kappa shape index (κ3) is 3.14. The summed E-state index contributed by atoms with van der Waals surface area (Å²) in [6, 6.07) is 5.69. The van der Waals surface area contributed by atoms with Gasteiger partial charge in [0.25, 0.3) is 0 Å². The Balaban J connectivity index is 2.04. The van der Waals surface area contributed by atoms with E-state index < -0.39 is 35.1 Å². The summed E-state index contributed by atoms with van der Waals surface area (Å²) < 4.78 is 5.77. The molecule has 6 nitrogen and oxygen atoms in total. The van der Waals surface area contributed by atoms with Gasteiger partial charge in [0.15, 0.2) is 0 Å². The standard InChI is InChI=1S/C22H28O6/c1-12(2)22(27)11-18(25)21(4)17(24)10-13(3)9-16(19(21)22)28-20(26)14-5-7-15(23)8-6-14/h5-9,12,16,18-19,23,25,27H,10-11H2,1-4H3/t16-,18+,19+,21-,22+/m0/s1. The number of Topliss-reactive ketones (excluding diaryl/α,β-unsaturated/α-hetero) is 1. The number of fused-ring (bicyclic) bond motifs is 1. The number of phenolic OH excluding ortho intramolecular Hbond substituents is 1. The molecule has 0 aromatic heterocycles. The number of hydrogen-bond donors (Lipinski definition) is 3. The van der Waals surface area contributed by atoms with Crippen LogP contribution in [0.25, 0.3) is 0 Å². The molecule has 0 spiro atoms. The van der Waals surface area contributed by atoms with E-state index >= 15 is 0 Å². The lowest BCUT2D eigenvalue weighted by atomic mass is 9.67. The smallest absolute Gasteiger partial charge is 0.338 e. The third-order valence-electron chi connectivity index (χ3n) is 6.56. The molecule has 2 aliphatic carbocycles. The van der Waals surface area contributed by atoms with E-state index in [9.17, 15) is 24.9 Å². The van der Waals surface area contributed by atoms with Crippen molar-refractivity contribution in [2.75, 3.05) is 0 Å². The van der Waals surface area contributed by atoms with E-state index in [1.165, 1.54) is 24.3 Å². The fourth-order valence-electron chi connectivity index (χ4n) is 4.73. The second kappa shape index (κ2) is 7.01. The van der Waals surface area contributed by atoms with Crippen molar-refractivity contribution >= 4 is 11.8 Å². The first-order valence-corrected chi connectivity index (χ1v) is 9.61. The van der Waals surface area contributed by atoms with E-state index in [2.05, 4.69) is 0 Å². The number of ketones is 1. The number of aliphatic hydroxyl groups excluding tert-OH is 1. The van der Waals surface area contributed by atoms with Crippen molar-refractivity contribution in [1.29, 1.82) is 0 Å². The molecule has 1 saturated carbocycles. The summed E-state index contributed by atoms with van der Waals surface area (Å²) in [4.78, 5) is 25.7. The summed E-state index contributed by atoms with van der Waals surface area (Å²) >= 11 is 0. The van der Waals surface area contributed by atoms with E-state index in [0.29, 0.717) is 0 Å². The van der Waals surface area contributed by atoms with Crippen molar-refractivity contribution in [2.24, 2.45) is 17.3 Å². The van der Waals surface area contributed by atoms with Crippen molar-refractivity contribution < 1.29 is 29.6 Å². The average molecular weight is 388 g/mol. The van der Waals surface area contributed by atoms with Gasteiger partial charge in [0.1, 0.15) is 17.6 Å². The van der Waals surface area contributed by atoms with Crippen LogP contribution >= 0.6 is 0 Å². The molecule has 0 bridgehead atoms. The lowest BCUT2D eigenvalue weighted by molar-refractivity contribution is -0.144. The van der Waals surface area contributed by atoms with Crippen LogP contribution < -0.4 is 0 Å². The molecule has 1 fully saturated rings. The second-order valence-corrected chi connectivity index (χ2v) is 8.66. The molecule has 0 saturated heterocycles. The molecule has 1 aromatic carbocycles. The molecule has 0 aliphatic heterocycles. The van der Waals surface area contributed by atoms with Crippen molar-refractivity contribution in [3.05, 3.63) is 41.5 Å². The highest BCUT2D eigenvalue weighted by Crippen LogP contribution is 2.56. The Morgan fingerprint density at radius 3 is 2.43 bits per heavy atom. The third-order valence-corrected chi connectivity index (χ3v) is 6.56. The van der Waals surface area contributed by atoms with Gasteiger partial charge in [-0.25, -0.2) is 4.79 Å². The molecule has 152 valence electrons. The highest BCUT2D eigenvalue weighted by molar-refractivity contribution is 5.91. The normalized spacial score (nSPS) is 35.3. The number of ether oxygens (including phenoxy) is 1. The minimum Gasteiger partial charge on any atom is -0.508 e. The van der Waals surface area contributed by atoms with Crippen LogP contribution in [-0.4, -0.2) is 44.9 Å². The fourth-order valence-corrected chi connectivity index (χ4v) is 4.73. The number of aromatic hydroxyl groups is 1. The van der Waals surface area contributed by atoms with Gasteiger partial charge in [-0.2, -0.15) is 0 Å². The molecular weight excluding hydrogens is 360 g/mol. The molecule has 5 atom stereocenters. The molecule has 1 aromatic rings. The summed E-state index contributed by atoms with van der Waals surface area (Å²) in [6.07, 6.45) is 0.0367. The van der Waals surface area contributed by atoms with Gasteiger partial charge < -0.3 is 20.1 Å². The summed E-state index contributed by atoms with van der Waals surface area (Å²) in [5.41, 5.74) is -1.58. The molecular formula is C22H28O6. The number of hydrogen-bond acceptors (Lipinski definition) is 6. The van der Waals surface area contributed by atoms with Crippen LogP contribution in [0.4, 0.5) is 0 Å². The summed E-state index contributed by atoms with van der Waals surface area (Å²) in [5.74, 6) is -1.74. The molecule has 0 radical (unpaired) electrons. The number of phenols is 1. The van der Waals surface area contributed by atoms with Gasteiger partial charge in [-0.1, -0.05) is 19.4 Å². The first-order chi connectivity index (χ1) is 13.0. The zero-order valence-electron chi connectivity index (χ0n) is 16.7.